The number of β-lactam (4-membered cyclic amide) rings is 1. The number of hydrogen-bond donors (Lipinski definition) is 3. The minimum absolute atomic E-state index is 0.0101. The van der Waals surface area contributed by atoms with Crippen LogP contribution < -0.4 is 20.7 Å². The summed E-state index contributed by atoms with van der Waals surface area (Å²) in [5.41, 5.74) is 1.22. The first-order valence-electron chi connectivity index (χ1n) is 19.1. The molecule has 4 aromatic rings. The second-order valence-electron chi connectivity index (χ2n) is 13.8. The summed E-state index contributed by atoms with van der Waals surface area (Å²) in [5.74, 6) is -5.09. The molecule has 7 rings (SSSR count). The van der Waals surface area contributed by atoms with Gasteiger partial charge in [-0.1, -0.05) is 95.9 Å². The third kappa shape index (κ3) is 8.90. The van der Waals surface area contributed by atoms with Crippen LogP contribution in [0.1, 0.15) is 42.7 Å². The molecule has 62 heavy (non-hydrogen) atoms. The third-order valence-electron chi connectivity index (χ3n) is 10.0. The molecule has 3 atom stereocenters. The van der Waals surface area contributed by atoms with E-state index in [1.54, 1.807) is 12.4 Å². The zero-order valence-electron chi connectivity index (χ0n) is 33.0. The number of imide groups is 1. The third-order valence-corrected chi connectivity index (χ3v) is 13.4. The van der Waals surface area contributed by atoms with Gasteiger partial charge in [0.1, 0.15) is 28.4 Å². The van der Waals surface area contributed by atoms with Crippen LogP contribution in [0.15, 0.2) is 106 Å². The molecule has 1 unspecified atom stereocenters. The molecule has 3 aliphatic heterocycles. The first-order chi connectivity index (χ1) is 29.9. The average Bonchev–Trinajstić information content (AvgIpc) is 3.81. The Hall–Kier alpha value is -6.58. The lowest BCUT2D eigenvalue weighted by Crippen LogP contribution is -2.85. The van der Waals surface area contributed by atoms with Crippen molar-refractivity contribution in [2.45, 2.75) is 41.4 Å². The Bertz CT molecular complexity index is 2380. The van der Waals surface area contributed by atoms with Gasteiger partial charge in [-0.2, -0.15) is 0 Å². The minimum atomic E-state index is -2.17. The fourth-order valence-corrected chi connectivity index (χ4v) is 10.1. The van der Waals surface area contributed by atoms with Gasteiger partial charge in [0.05, 0.1) is 0 Å². The van der Waals surface area contributed by atoms with E-state index in [-0.39, 0.29) is 54.6 Å². The zero-order valence-corrected chi connectivity index (χ0v) is 35.5. The van der Waals surface area contributed by atoms with E-state index in [0.29, 0.717) is 25.9 Å². The van der Waals surface area contributed by atoms with Crippen LogP contribution in [-0.4, -0.2) is 115 Å². The number of benzene rings is 3. The van der Waals surface area contributed by atoms with E-state index in [1.807, 2.05) is 60.7 Å². The molecule has 0 spiro atoms. The van der Waals surface area contributed by atoms with E-state index >= 15 is 0 Å². The van der Waals surface area contributed by atoms with Crippen LogP contribution in [0.3, 0.4) is 0 Å². The van der Waals surface area contributed by atoms with Crippen molar-refractivity contribution in [2.24, 2.45) is 0 Å². The highest BCUT2D eigenvalue weighted by Gasteiger charge is 2.66. The molecule has 21 heteroatoms. The number of ether oxygens (including phenoxy) is 2. The summed E-state index contributed by atoms with van der Waals surface area (Å²) in [7, 11) is 0. The van der Waals surface area contributed by atoms with E-state index in [2.05, 4.69) is 26.1 Å². The van der Waals surface area contributed by atoms with Crippen molar-refractivity contribution in [3.63, 3.8) is 0 Å². The SMILES string of the molecule is CCN1CCN(C(=O)NC(C(=O)N[C@]2(NC=O)C(=O)N3C(C(=O)OC(c4ccccc4)c4ccccc4)=C(CSc4nncs4)CS[C@@H]32)c2cccc(OC(C)=O)c2)C(=O)C1=O. The fourth-order valence-electron chi connectivity index (χ4n) is 7.08. The molecule has 18 nitrogen and oxygen atoms in total. The number of likely N-dealkylation sites (N-methyl/N-ethyl adjacent to an activating group) is 1. The second kappa shape index (κ2) is 19.0. The Labute approximate surface area is 366 Å². The molecule has 3 aromatic carbocycles. The number of aromatic nitrogens is 2. The normalized spacial score (nSPS) is 19.0. The van der Waals surface area contributed by atoms with Crippen LogP contribution in [0.25, 0.3) is 0 Å². The Morgan fingerprint density at radius 1 is 0.952 bits per heavy atom. The van der Waals surface area contributed by atoms with Crippen molar-refractivity contribution >= 4 is 82.9 Å². The number of esters is 2. The second-order valence-corrected chi connectivity index (χ2v) is 17.0. The van der Waals surface area contributed by atoms with Crippen LogP contribution >= 0.6 is 34.9 Å². The molecule has 3 aliphatic rings. The van der Waals surface area contributed by atoms with Gasteiger partial charge < -0.3 is 30.3 Å². The molecule has 0 aliphatic carbocycles. The van der Waals surface area contributed by atoms with Gasteiger partial charge in [-0.3, -0.25) is 38.6 Å². The quantitative estimate of drug-likeness (QED) is 0.0297. The van der Waals surface area contributed by atoms with Crippen LogP contribution in [0.5, 0.6) is 5.75 Å². The Morgan fingerprint density at radius 3 is 2.27 bits per heavy atom. The summed E-state index contributed by atoms with van der Waals surface area (Å²) in [5, 5.41) is 14.4. The van der Waals surface area contributed by atoms with Gasteiger partial charge in [0.25, 0.3) is 5.91 Å². The standard InChI is InChI=1S/C41H38N8O10S3/c1-3-47-17-18-48(35(54)34(47)53)39(57)44-30(27-15-10-16-29(19-27)58-24(2)51)33(52)45-41(42-22-50)37(56)49-31(28(20-60-38(41)49)21-61-40-46-43-23-62-40)36(55)59-32(25-11-6-4-7-12-25)26-13-8-5-9-14-26/h4-16,19,22-23,30,32,38H,3,17-18,20-21H2,1-2H3,(H,42,50)(H,44,57)(H,45,52)/t30?,38-,41-/m1/s1. The average molecular weight is 899 g/mol. The molecule has 0 bridgehead atoms. The summed E-state index contributed by atoms with van der Waals surface area (Å²) in [6, 6.07) is 20.9. The summed E-state index contributed by atoms with van der Waals surface area (Å²) in [6.45, 7) is 2.98. The predicted molar refractivity (Wildman–Crippen MR) is 225 cm³/mol. The molecule has 3 N–H and O–H groups in total. The number of thioether (sulfide) groups is 2. The number of urea groups is 1. The number of fused-ring (bicyclic) bond motifs is 1. The molecule has 7 amide bonds. The molecule has 0 radical (unpaired) electrons. The van der Waals surface area contributed by atoms with E-state index < -0.39 is 64.8 Å². The number of carbonyl (C=O) groups excluding carboxylic acids is 8. The number of piperazine rings is 1. The first kappa shape index (κ1) is 43.5. The smallest absolute Gasteiger partial charge is 0.356 e. The van der Waals surface area contributed by atoms with Gasteiger partial charge in [0, 0.05) is 38.1 Å². The molecule has 4 heterocycles. The van der Waals surface area contributed by atoms with Gasteiger partial charge >= 0.3 is 29.8 Å². The van der Waals surface area contributed by atoms with Crippen molar-refractivity contribution < 1.29 is 47.8 Å². The molecule has 2 fully saturated rings. The van der Waals surface area contributed by atoms with Crippen LogP contribution in [0.4, 0.5) is 4.79 Å². The lowest BCUT2D eigenvalue weighted by Gasteiger charge is -2.56. The maximum atomic E-state index is 14.7. The summed E-state index contributed by atoms with van der Waals surface area (Å²) in [4.78, 5) is 110. The highest BCUT2D eigenvalue weighted by molar-refractivity contribution is 8.01. The number of amides is 7. The van der Waals surface area contributed by atoms with Gasteiger partial charge in [-0.25, -0.2) is 9.59 Å². The molecule has 1 aromatic heterocycles. The highest BCUT2D eigenvalue weighted by atomic mass is 32.2. The van der Waals surface area contributed by atoms with Gasteiger partial charge in [0.15, 0.2) is 10.4 Å². The minimum Gasteiger partial charge on any atom is -0.448 e. The van der Waals surface area contributed by atoms with Crippen molar-refractivity contribution in [3.05, 3.63) is 118 Å². The molecule has 320 valence electrons. The number of rotatable bonds is 15. The Balaban J connectivity index is 1.21. The van der Waals surface area contributed by atoms with Gasteiger partial charge in [-0.05, 0) is 41.3 Å². The lowest BCUT2D eigenvalue weighted by atomic mass is 9.94. The monoisotopic (exact) mass is 898 g/mol. The van der Waals surface area contributed by atoms with Crippen LogP contribution in [0.2, 0.25) is 0 Å². The van der Waals surface area contributed by atoms with Crippen molar-refractivity contribution in [1.82, 2.24) is 40.8 Å². The molecule has 2 saturated heterocycles. The number of carbonyl (C=O) groups is 8. The van der Waals surface area contributed by atoms with Crippen molar-refractivity contribution in [3.8, 4) is 5.75 Å². The maximum Gasteiger partial charge on any atom is 0.356 e. The number of nitrogens with one attached hydrogen (secondary N) is 3. The summed E-state index contributed by atoms with van der Waals surface area (Å²) < 4.78 is 12.1. The Morgan fingerprint density at radius 2 is 1.65 bits per heavy atom. The van der Waals surface area contributed by atoms with E-state index in [9.17, 15) is 38.4 Å². The zero-order chi connectivity index (χ0) is 44.0. The van der Waals surface area contributed by atoms with E-state index in [4.69, 9.17) is 9.47 Å². The molecule has 0 saturated carbocycles. The summed E-state index contributed by atoms with van der Waals surface area (Å²) >= 11 is 3.76. The number of nitrogens with zero attached hydrogens (tertiary/aromatic N) is 5. The topological polar surface area (TPSA) is 227 Å². The van der Waals surface area contributed by atoms with Crippen LogP contribution in [0, 0.1) is 0 Å². The van der Waals surface area contributed by atoms with E-state index in [0.717, 1.165) is 11.8 Å². The number of hydrogen-bond acceptors (Lipinski definition) is 15. The molecular formula is C41H38N8O10S3. The van der Waals surface area contributed by atoms with Crippen molar-refractivity contribution in [1.29, 1.82) is 0 Å². The lowest BCUT2D eigenvalue weighted by molar-refractivity contribution is -0.164. The summed E-state index contributed by atoms with van der Waals surface area (Å²) in [6.07, 6.45) is -0.651. The largest absolute Gasteiger partial charge is 0.448 e. The highest BCUT2D eigenvalue weighted by Crippen LogP contribution is 2.47. The first-order valence-corrected chi connectivity index (χ1v) is 22.0. The van der Waals surface area contributed by atoms with Crippen molar-refractivity contribution in [2.75, 3.05) is 31.1 Å². The predicted octanol–water partition coefficient (Wildman–Crippen LogP) is 2.76. The maximum absolute atomic E-state index is 14.7. The van der Waals surface area contributed by atoms with Gasteiger partial charge in [-0.15, -0.1) is 22.0 Å². The van der Waals surface area contributed by atoms with Gasteiger partial charge in [0.2, 0.25) is 18.0 Å². The van der Waals surface area contributed by atoms with Crippen LogP contribution in [-0.2, 0) is 38.3 Å². The molecular weight excluding hydrogens is 861 g/mol. The Kier molecular flexibility index (Phi) is 13.3. The van der Waals surface area contributed by atoms with E-state index in [1.165, 1.54) is 64.1 Å². The fraction of sp³-hybridized carbons (Fsp3) is 0.268.